The first-order valence-electron chi connectivity index (χ1n) is 14.2. The molecule has 0 saturated carbocycles. The highest BCUT2D eigenvalue weighted by molar-refractivity contribution is 5.98. The lowest BCUT2D eigenvalue weighted by molar-refractivity contribution is -0.137. The largest absolute Gasteiger partial charge is 0.481 e. The van der Waals surface area contributed by atoms with E-state index in [1.54, 1.807) is 64.1 Å². The zero-order chi connectivity index (χ0) is 34.4. The number of aliphatic imine (C=N–C) groups is 1. The molecule has 0 bridgehead atoms. The van der Waals surface area contributed by atoms with E-state index in [4.69, 9.17) is 20.3 Å². The highest BCUT2D eigenvalue weighted by Crippen LogP contribution is 2.20. The number of carbonyl (C=O) groups excluding carboxylic acids is 3. The second-order valence-electron chi connectivity index (χ2n) is 11.1. The summed E-state index contributed by atoms with van der Waals surface area (Å²) in [6.07, 6.45) is 1.51. The van der Waals surface area contributed by atoms with Gasteiger partial charge in [-0.2, -0.15) is 0 Å². The van der Waals surface area contributed by atoms with Gasteiger partial charge in [0.15, 0.2) is 11.5 Å². The van der Waals surface area contributed by atoms with E-state index in [-0.39, 0.29) is 30.9 Å². The van der Waals surface area contributed by atoms with Crippen LogP contribution in [0.15, 0.2) is 59.6 Å². The molecule has 2 rings (SSSR count). The number of rotatable bonds is 16. The molecular formula is C31H42N8O7. The Balaban J connectivity index is 2.14. The van der Waals surface area contributed by atoms with Crippen LogP contribution in [0.25, 0.3) is 11.3 Å². The molecule has 1 atom stereocenters. The molecule has 0 saturated heterocycles. The second-order valence-corrected chi connectivity index (χ2v) is 11.1. The standard InChI is InChI=1S/C31H42N8O7/c1-19(39(6)14-15-45-7)23(17-33-5)37-29(43)26-27(32)34-18-24(36-26)21-10-8-20(9-11-21)16-35-28(42)22(12-13-25(40)41)38-30(44)46-31(2,3)4/h8-11,17-18,22H,1,5,12-16H2,2-4,6-7H3,(H2,32,34)(H,35,42)(H,37,43)(H,38,44)(H,40,41)/b23-17+. The van der Waals surface area contributed by atoms with Gasteiger partial charge in [0.25, 0.3) is 5.91 Å². The Hall–Kier alpha value is -5.31. The van der Waals surface area contributed by atoms with E-state index in [0.717, 1.165) is 0 Å². The van der Waals surface area contributed by atoms with Crippen LogP contribution in [-0.4, -0.2) is 89.5 Å². The first kappa shape index (κ1) is 36.9. The molecule has 15 nitrogen and oxygen atoms in total. The van der Waals surface area contributed by atoms with E-state index >= 15 is 0 Å². The third kappa shape index (κ3) is 12.0. The number of ether oxygens (including phenoxy) is 2. The number of nitrogens with two attached hydrogens (primary N) is 1. The molecule has 1 unspecified atom stereocenters. The number of aromatic nitrogens is 2. The molecule has 0 radical (unpaired) electrons. The van der Waals surface area contributed by atoms with Crippen molar-refractivity contribution in [1.29, 1.82) is 0 Å². The van der Waals surface area contributed by atoms with Crippen molar-refractivity contribution in [2.45, 2.75) is 51.8 Å². The number of benzene rings is 1. The Morgan fingerprint density at radius 1 is 1.20 bits per heavy atom. The smallest absolute Gasteiger partial charge is 0.408 e. The lowest BCUT2D eigenvalue weighted by atomic mass is 10.1. The number of carbonyl (C=O) groups is 4. The SMILES string of the molecule is C=N/C=C(/NC(=O)c1nc(-c2ccc(CNC(=O)C(CCC(=O)O)NC(=O)OC(C)(C)C)cc2)cnc1N)C(=C)N(C)CCOC. The number of anilines is 1. The summed E-state index contributed by atoms with van der Waals surface area (Å²) in [5.74, 6) is -2.38. The van der Waals surface area contributed by atoms with Gasteiger partial charge in [-0.3, -0.25) is 19.4 Å². The van der Waals surface area contributed by atoms with Crippen LogP contribution in [0.3, 0.4) is 0 Å². The van der Waals surface area contributed by atoms with E-state index in [1.807, 2.05) is 0 Å². The molecule has 0 aliphatic rings. The number of nitrogens with zero attached hydrogens (tertiary/aromatic N) is 4. The first-order chi connectivity index (χ1) is 21.6. The minimum atomic E-state index is -1.11. The summed E-state index contributed by atoms with van der Waals surface area (Å²) in [6.45, 7) is 13.5. The van der Waals surface area contributed by atoms with E-state index in [1.165, 1.54) is 12.4 Å². The van der Waals surface area contributed by atoms with E-state index in [0.29, 0.717) is 41.4 Å². The molecule has 1 aromatic carbocycles. The number of amides is 3. The van der Waals surface area contributed by atoms with Crippen LogP contribution >= 0.6 is 0 Å². The zero-order valence-corrected chi connectivity index (χ0v) is 26.8. The number of carboxylic acids is 1. The second kappa shape index (κ2) is 17.2. The van der Waals surface area contributed by atoms with Crippen molar-refractivity contribution in [3.63, 3.8) is 0 Å². The quantitative estimate of drug-likeness (QED) is 0.133. The summed E-state index contributed by atoms with van der Waals surface area (Å²) < 4.78 is 10.3. The molecule has 0 fully saturated rings. The highest BCUT2D eigenvalue weighted by atomic mass is 16.6. The monoisotopic (exact) mass is 638 g/mol. The number of alkyl carbamates (subject to hydrolysis) is 1. The molecule has 1 aromatic heterocycles. The van der Waals surface area contributed by atoms with Crippen LogP contribution < -0.4 is 21.7 Å². The Kier molecular flexibility index (Phi) is 13.8. The third-order valence-corrected chi connectivity index (χ3v) is 6.26. The molecule has 2 aromatic rings. The van der Waals surface area contributed by atoms with Gasteiger partial charge in [-0.05, 0) is 39.5 Å². The van der Waals surface area contributed by atoms with Crippen LogP contribution in [0.2, 0.25) is 0 Å². The van der Waals surface area contributed by atoms with Crippen LogP contribution in [0, 0.1) is 0 Å². The van der Waals surface area contributed by atoms with Crippen LogP contribution in [-0.2, 0) is 25.6 Å². The van der Waals surface area contributed by atoms with Gasteiger partial charge >= 0.3 is 12.1 Å². The Labute approximate surface area is 268 Å². The number of hydrogen-bond donors (Lipinski definition) is 5. The summed E-state index contributed by atoms with van der Waals surface area (Å²) in [5, 5.41) is 16.9. The minimum absolute atomic E-state index is 0.0812. The number of aliphatic carboxylic acids is 1. The van der Waals surface area contributed by atoms with Crippen molar-refractivity contribution in [2.75, 3.05) is 33.0 Å². The Morgan fingerprint density at radius 2 is 1.87 bits per heavy atom. The maximum atomic E-state index is 13.2. The lowest BCUT2D eigenvalue weighted by Gasteiger charge is -2.23. The fourth-order valence-corrected chi connectivity index (χ4v) is 3.82. The fourth-order valence-electron chi connectivity index (χ4n) is 3.82. The normalized spacial score (nSPS) is 12.0. The molecule has 6 N–H and O–H groups in total. The van der Waals surface area contributed by atoms with Gasteiger partial charge in [-0.1, -0.05) is 30.8 Å². The van der Waals surface area contributed by atoms with Gasteiger partial charge in [0.05, 0.1) is 36.1 Å². The molecule has 1 heterocycles. The van der Waals surface area contributed by atoms with E-state index < -0.39 is 35.5 Å². The van der Waals surface area contributed by atoms with E-state index in [2.05, 4.69) is 44.2 Å². The minimum Gasteiger partial charge on any atom is -0.481 e. The van der Waals surface area contributed by atoms with Crippen molar-refractivity contribution >= 4 is 36.4 Å². The number of nitrogen functional groups attached to an aromatic ring is 1. The third-order valence-electron chi connectivity index (χ3n) is 6.26. The number of methoxy groups -OCH3 is 1. The molecule has 3 amide bonds. The van der Waals surface area contributed by atoms with Crippen LogP contribution in [0.1, 0.15) is 49.7 Å². The molecule has 0 aliphatic heterocycles. The molecule has 15 heteroatoms. The molecular weight excluding hydrogens is 596 g/mol. The number of nitrogens with one attached hydrogen (secondary N) is 3. The zero-order valence-electron chi connectivity index (χ0n) is 26.8. The van der Waals surface area contributed by atoms with Gasteiger partial charge in [0.2, 0.25) is 5.91 Å². The summed E-state index contributed by atoms with van der Waals surface area (Å²) in [7, 11) is 3.36. The number of likely N-dealkylation sites (N-methyl/N-ethyl adjacent to an activating group) is 1. The average molecular weight is 639 g/mol. The van der Waals surface area contributed by atoms with E-state index in [9.17, 15) is 19.2 Å². The van der Waals surface area contributed by atoms with Crippen molar-refractivity contribution in [2.24, 2.45) is 4.99 Å². The predicted molar refractivity (Wildman–Crippen MR) is 172 cm³/mol. The fraction of sp³-hybridized carbons (Fsp3) is 0.387. The summed E-state index contributed by atoms with van der Waals surface area (Å²) in [4.78, 5) is 63.3. The van der Waals surface area contributed by atoms with Gasteiger partial charge < -0.3 is 41.2 Å². The predicted octanol–water partition coefficient (Wildman–Crippen LogP) is 2.46. The van der Waals surface area contributed by atoms with Gasteiger partial charge in [0, 0.05) is 39.2 Å². The maximum Gasteiger partial charge on any atom is 0.408 e. The summed E-state index contributed by atoms with van der Waals surface area (Å²) in [5.41, 5.74) is 7.54. The summed E-state index contributed by atoms with van der Waals surface area (Å²) >= 11 is 0. The van der Waals surface area contributed by atoms with Crippen molar-refractivity contribution < 1.29 is 33.8 Å². The lowest BCUT2D eigenvalue weighted by Crippen LogP contribution is -2.48. The first-order valence-corrected chi connectivity index (χ1v) is 14.2. The molecule has 248 valence electrons. The molecule has 46 heavy (non-hydrogen) atoms. The Morgan fingerprint density at radius 3 is 2.46 bits per heavy atom. The number of carboxylic acid groups (broad SMARTS) is 1. The van der Waals surface area contributed by atoms with Gasteiger partial charge in [0.1, 0.15) is 11.6 Å². The van der Waals surface area contributed by atoms with Crippen molar-refractivity contribution in [3.8, 4) is 11.3 Å². The van der Waals surface area contributed by atoms with Gasteiger partial charge in [-0.25, -0.2) is 14.8 Å². The maximum absolute atomic E-state index is 13.2. The Bertz CT molecular complexity index is 1450. The van der Waals surface area contributed by atoms with Crippen molar-refractivity contribution in [3.05, 3.63) is 65.9 Å². The molecule has 0 spiro atoms. The topological polar surface area (TPSA) is 210 Å². The average Bonchev–Trinajstić information content (AvgIpc) is 2.99. The van der Waals surface area contributed by atoms with Crippen molar-refractivity contribution in [1.82, 2.24) is 30.8 Å². The van der Waals surface area contributed by atoms with Crippen LogP contribution in [0.4, 0.5) is 10.6 Å². The highest BCUT2D eigenvalue weighted by Gasteiger charge is 2.25. The number of hydrogen-bond acceptors (Lipinski definition) is 11. The van der Waals surface area contributed by atoms with Gasteiger partial charge in [-0.15, -0.1) is 0 Å². The van der Waals surface area contributed by atoms with Crippen LogP contribution in [0.5, 0.6) is 0 Å². The molecule has 0 aliphatic carbocycles. The summed E-state index contributed by atoms with van der Waals surface area (Å²) in [6, 6.07) is 5.81.